The van der Waals surface area contributed by atoms with E-state index in [1.165, 1.54) is 4.90 Å². The first-order valence-corrected chi connectivity index (χ1v) is 5.50. The van der Waals surface area contributed by atoms with Crippen molar-refractivity contribution in [3.63, 3.8) is 0 Å². The van der Waals surface area contributed by atoms with Crippen LogP contribution in [-0.2, 0) is 0 Å². The van der Waals surface area contributed by atoms with E-state index in [0.29, 0.717) is 17.7 Å². The van der Waals surface area contributed by atoms with E-state index in [9.17, 15) is 9.59 Å². The third-order valence-electron chi connectivity index (χ3n) is 2.65. The monoisotopic (exact) mass is 230 g/mol. The molecule has 2 rings (SSSR count). The molecule has 0 spiro atoms. The Bertz CT molecular complexity index is 445. The molecule has 0 aromatic heterocycles. The molecule has 0 aliphatic carbocycles. The average molecular weight is 230 g/mol. The molecule has 0 radical (unpaired) electrons. The van der Waals surface area contributed by atoms with Gasteiger partial charge in [0.1, 0.15) is 0 Å². The summed E-state index contributed by atoms with van der Waals surface area (Å²) in [6, 6.07) is 6.91. The van der Waals surface area contributed by atoms with E-state index in [4.69, 9.17) is 0 Å². The molecule has 0 saturated carbocycles. The second-order valence-corrected chi connectivity index (χ2v) is 3.80. The Kier molecular flexibility index (Phi) is 3.35. The first-order valence-electron chi connectivity index (χ1n) is 5.50. The van der Waals surface area contributed by atoms with Crippen molar-refractivity contribution in [3.8, 4) is 0 Å². The number of benzene rings is 1. The molecule has 0 atom stereocenters. The first kappa shape index (κ1) is 11.5. The van der Waals surface area contributed by atoms with Gasteiger partial charge in [-0.2, -0.15) is 0 Å². The Labute approximate surface area is 99.9 Å². The summed E-state index contributed by atoms with van der Waals surface area (Å²) in [7, 11) is 1.84. The van der Waals surface area contributed by atoms with Crippen LogP contribution in [0.2, 0.25) is 0 Å². The Balaban J connectivity index is 2.13. The number of nitrogens with one attached hydrogen (secondary N) is 1. The molecule has 4 heteroatoms. The first-order chi connectivity index (χ1) is 8.25. The fourth-order valence-electron chi connectivity index (χ4n) is 1.79. The van der Waals surface area contributed by atoms with E-state index in [0.717, 1.165) is 6.54 Å². The smallest absolute Gasteiger partial charge is 0.261 e. The average Bonchev–Trinajstić information content (AvgIpc) is 2.60. The van der Waals surface area contributed by atoms with Crippen LogP contribution in [0.15, 0.2) is 36.4 Å². The number of hydrogen-bond acceptors (Lipinski definition) is 3. The largest absolute Gasteiger partial charge is 0.316 e. The predicted octanol–water partition coefficient (Wildman–Crippen LogP) is 1.06. The third kappa shape index (κ3) is 2.12. The Morgan fingerprint density at radius 1 is 1.12 bits per heavy atom. The van der Waals surface area contributed by atoms with E-state index in [-0.39, 0.29) is 11.8 Å². The summed E-state index contributed by atoms with van der Waals surface area (Å²) >= 11 is 0. The van der Waals surface area contributed by atoms with Gasteiger partial charge in [-0.3, -0.25) is 14.5 Å². The van der Waals surface area contributed by atoms with Crippen LogP contribution in [0.25, 0.3) is 0 Å². The summed E-state index contributed by atoms with van der Waals surface area (Å²) in [5.74, 6) is -0.417. The minimum absolute atomic E-state index is 0.209. The molecule has 0 unspecified atom stereocenters. The lowest BCUT2D eigenvalue weighted by molar-refractivity contribution is 0.0672. The molecule has 0 bridgehead atoms. The van der Waals surface area contributed by atoms with Crippen LogP contribution in [0.5, 0.6) is 0 Å². The quantitative estimate of drug-likeness (QED) is 0.621. The number of nitrogens with zero attached hydrogens (tertiary/aromatic N) is 1. The standard InChI is InChI=1S/C13H14N2O2/c1-14-8-4-5-9-15-12(16)10-6-2-3-7-11(10)13(15)17/h2-7,14H,8-9H2,1H3. The third-order valence-corrected chi connectivity index (χ3v) is 2.65. The minimum Gasteiger partial charge on any atom is -0.316 e. The lowest BCUT2D eigenvalue weighted by Gasteiger charge is -2.10. The Morgan fingerprint density at radius 3 is 2.24 bits per heavy atom. The normalized spacial score (nSPS) is 14.8. The number of rotatable bonds is 4. The number of carbonyl (C=O) groups is 2. The maximum atomic E-state index is 11.9. The summed E-state index contributed by atoms with van der Waals surface area (Å²) < 4.78 is 0. The van der Waals surface area contributed by atoms with E-state index < -0.39 is 0 Å². The zero-order valence-electron chi connectivity index (χ0n) is 9.64. The van der Waals surface area contributed by atoms with Gasteiger partial charge in [-0.25, -0.2) is 0 Å². The summed E-state index contributed by atoms with van der Waals surface area (Å²) in [5.41, 5.74) is 0.999. The highest BCUT2D eigenvalue weighted by Gasteiger charge is 2.33. The van der Waals surface area contributed by atoms with Gasteiger partial charge >= 0.3 is 0 Å². The summed E-state index contributed by atoms with van der Waals surface area (Å²) in [4.78, 5) is 25.1. The van der Waals surface area contributed by atoms with Crippen molar-refractivity contribution in [2.24, 2.45) is 0 Å². The number of hydrogen-bond donors (Lipinski definition) is 1. The summed E-state index contributed by atoms with van der Waals surface area (Å²) in [5, 5.41) is 2.96. The van der Waals surface area contributed by atoms with Gasteiger partial charge in [-0.05, 0) is 19.2 Å². The van der Waals surface area contributed by atoms with Gasteiger partial charge in [0.05, 0.1) is 11.1 Å². The Morgan fingerprint density at radius 2 is 1.71 bits per heavy atom. The number of fused-ring (bicyclic) bond motifs is 1. The van der Waals surface area contributed by atoms with Crippen molar-refractivity contribution in [1.82, 2.24) is 10.2 Å². The maximum Gasteiger partial charge on any atom is 0.261 e. The fraction of sp³-hybridized carbons (Fsp3) is 0.231. The van der Waals surface area contributed by atoms with E-state index in [1.54, 1.807) is 24.3 Å². The maximum absolute atomic E-state index is 11.9. The zero-order valence-corrected chi connectivity index (χ0v) is 9.64. The molecule has 1 heterocycles. The van der Waals surface area contributed by atoms with Crippen LogP contribution in [0.3, 0.4) is 0 Å². The molecule has 1 aliphatic heterocycles. The fourth-order valence-corrected chi connectivity index (χ4v) is 1.79. The van der Waals surface area contributed by atoms with Gasteiger partial charge in [0.2, 0.25) is 0 Å². The number of imide groups is 1. The molecule has 0 saturated heterocycles. The number of amides is 2. The molecule has 17 heavy (non-hydrogen) atoms. The van der Waals surface area contributed by atoms with Crippen LogP contribution >= 0.6 is 0 Å². The van der Waals surface area contributed by atoms with Crippen molar-refractivity contribution in [2.45, 2.75) is 0 Å². The molecular formula is C13H14N2O2. The molecule has 1 aromatic rings. The zero-order chi connectivity index (χ0) is 12.3. The van der Waals surface area contributed by atoms with Gasteiger partial charge in [-0.1, -0.05) is 24.3 Å². The van der Waals surface area contributed by atoms with Crippen molar-refractivity contribution in [2.75, 3.05) is 20.1 Å². The van der Waals surface area contributed by atoms with Crippen molar-refractivity contribution >= 4 is 11.8 Å². The molecule has 2 amide bonds. The number of likely N-dealkylation sites (N-methyl/N-ethyl adjacent to an activating group) is 1. The van der Waals surface area contributed by atoms with Gasteiger partial charge < -0.3 is 5.32 Å². The Hall–Kier alpha value is -1.94. The van der Waals surface area contributed by atoms with Crippen LogP contribution in [0, 0.1) is 0 Å². The second kappa shape index (κ2) is 4.93. The molecule has 1 N–H and O–H groups in total. The molecule has 1 aromatic carbocycles. The van der Waals surface area contributed by atoms with E-state index in [1.807, 2.05) is 19.2 Å². The highest BCUT2D eigenvalue weighted by Crippen LogP contribution is 2.21. The highest BCUT2D eigenvalue weighted by atomic mass is 16.2. The lowest BCUT2D eigenvalue weighted by atomic mass is 10.1. The summed E-state index contributed by atoms with van der Waals surface area (Å²) in [6.07, 6.45) is 3.71. The van der Waals surface area contributed by atoms with Gasteiger partial charge in [-0.15, -0.1) is 0 Å². The highest BCUT2D eigenvalue weighted by molar-refractivity contribution is 6.21. The van der Waals surface area contributed by atoms with Crippen LogP contribution in [-0.4, -0.2) is 36.9 Å². The van der Waals surface area contributed by atoms with Crippen LogP contribution in [0.1, 0.15) is 20.7 Å². The number of carbonyl (C=O) groups excluding carboxylic acids is 2. The van der Waals surface area contributed by atoms with Crippen LogP contribution < -0.4 is 5.32 Å². The van der Waals surface area contributed by atoms with Gasteiger partial charge in [0, 0.05) is 13.1 Å². The molecule has 0 fully saturated rings. The molecule has 1 aliphatic rings. The summed E-state index contributed by atoms with van der Waals surface area (Å²) in [6.45, 7) is 1.05. The second-order valence-electron chi connectivity index (χ2n) is 3.80. The van der Waals surface area contributed by atoms with E-state index in [2.05, 4.69) is 5.32 Å². The topological polar surface area (TPSA) is 49.4 Å². The van der Waals surface area contributed by atoms with Gasteiger partial charge in [0.25, 0.3) is 11.8 Å². The predicted molar refractivity (Wildman–Crippen MR) is 64.9 cm³/mol. The van der Waals surface area contributed by atoms with Crippen LogP contribution in [0.4, 0.5) is 0 Å². The SMILES string of the molecule is CNCC=CCN1C(=O)c2ccccc2C1=O. The van der Waals surface area contributed by atoms with Crippen molar-refractivity contribution in [3.05, 3.63) is 47.5 Å². The molecular weight excluding hydrogens is 216 g/mol. The van der Waals surface area contributed by atoms with E-state index >= 15 is 0 Å². The molecule has 4 nitrogen and oxygen atoms in total. The minimum atomic E-state index is -0.209. The lowest BCUT2D eigenvalue weighted by Crippen LogP contribution is -2.29. The van der Waals surface area contributed by atoms with Crippen molar-refractivity contribution < 1.29 is 9.59 Å². The molecule has 88 valence electrons. The van der Waals surface area contributed by atoms with Gasteiger partial charge in [0.15, 0.2) is 0 Å². The van der Waals surface area contributed by atoms with Crippen molar-refractivity contribution in [1.29, 1.82) is 0 Å².